The third-order valence-corrected chi connectivity index (χ3v) is 5.90. The predicted molar refractivity (Wildman–Crippen MR) is 130 cm³/mol. The van der Waals surface area contributed by atoms with Gasteiger partial charge in [0.15, 0.2) is 5.96 Å². The molecule has 158 valence electrons. The molecule has 2 aromatic rings. The lowest BCUT2D eigenvalue weighted by molar-refractivity contribution is -0.117. The van der Waals surface area contributed by atoms with Crippen LogP contribution in [0.4, 0.5) is 5.69 Å². The summed E-state index contributed by atoms with van der Waals surface area (Å²) in [5, 5.41) is 18.9. The second kappa shape index (κ2) is 10.9. The molecule has 0 saturated carbocycles. The van der Waals surface area contributed by atoms with E-state index in [9.17, 15) is 9.90 Å². The van der Waals surface area contributed by atoms with Crippen molar-refractivity contribution in [1.82, 2.24) is 10.6 Å². The van der Waals surface area contributed by atoms with Gasteiger partial charge < -0.3 is 20.6 Å². The third kappa shape index (κ3) is 6.16. The number of aliphatic hydroxyl groups is 1. The van der Waals surface area contributed by atoms with E-state index in [1.807, 2.05) is 47.5 Å². The lowest BCUT2D eigenvalue weighted by Crippen LogP contribution is -2.45. The van der Waals surface area contributed by atoms with E-state index in [-0.39, 0.29) is 36.4 Å². The third-order valence-electron chi connectivity index (χ3n) is 4.78. The van der Waals surface area contributed by atoms with E-state index < -0.39 is 5.60 Å². The predicted octanol–water partition coefficient (Wildman–Crippen LogP) is 3.11. The first-order chi connectivity index (χ1) is 13.5. The summed E-state index contributed by atoms with van der Waals surface area (Å²) < 4.78 is 0. The molecule has 3 rings (SSSR count). The topological polar surface area (TPSA) is 77.0 Å². The molecule has 29 heavy (non-hydrogen) atoms. The number of carbonyl (C=O) groups is 1. The minimum absolute atomic E-state index is 0. The molecule has 0 aliphatic carbocycles. The zero-order valence-electron chi connectivity index (χ0n) is 16.9. The number of aryl methyl sites for hydroxylation is 1. The fourth-order valence-corrected chi connectivity index (χ4v) is 4.08. The number of rotatable bonds is 6. The molecule has 0 radical (unpaired) electrons. The number of nitrogens with one attached hydrogen (secondary N) is 2. The Bertz CT molecular complexity index is 824. The van der Waals surface area contributed by atoms with Gasteiger partial charge in [-0.2, -0.15) is 0 Å². The number of fused-ring (bicyclic) bond motifs is 1. The summed E-state index contributed by atoms with van der Waals surface area (Å²) in [6, 6.07) is 11.9. The highest BCUT2D eigenvalue weighted by Crippen LogP contribution is 2.27. The van der Waals surface area contributed by atoms with Crippen LogP contribution in [-0.2, 0) is 16.8 Å². The number of anilines is 1. The van der Waals surface area contributed by atoms with Crippen molar-refractivity contribution in [3.05, 3.63) is 52.2 Å². The highest BCUT2D eigenvalue weighted by atomic mass is 127. The number of aliphatic imine (C=N–C) groups is 1. The van der Waals surface area contributed by atoms with Crippen LogP contribution in [0.25, 0.3) is 0 Å². The van der Waals surface area contributed by atoms with Crippen LogP contribution in [0.3, 0.4) is 0 Å². The van der Waals surface area contributed by atoms with Gasteiger partial charge in [0.1, 0.15) is 12.1 Å². The van der Waals surface area contributed by atoms with Crippen LogP contribution in [0, 0.1) is 0 Å². The van der Waals surface area contributed by atoms with Crippen LogP contribution < -0.4 is 15.5 Å². The van der Waals surface area contributed by atoms with Crippen molar-refractivity contribution >= 4 is 52.9 Å². The molecule has 8 heteroatoms. The van der Waals surface area contributed by atoms with E-state index in [0.29, 0.717) is 19.0 Å². The maximum atomic E-state index is 12.8. The molecule has 0 fully saturated rings. The average Bonchev–Trinajstić information content (AvgIpc) is 3.25. The van der Waals surface area contributed by atoms with Crippen LogP contribution in [0.1, 0.15) is 30.7 Å². The van der Waals surface area contributed by atoms with Crippen LogP contribution >= 0.6 is 35.3 Å². The first-order valence-corrected chi connectivity index (χ1v) is 10.6. The first kappa shape index (κ1) is 23.6. The number of carbonyl (C=O) groups excluding carboxylic acids is 1. The molecule has 1 aliphatic rings. The van der Waals surface area contributed by atoms with E-state index in [0.717, 1.165) is 30.0 Å². The Hall–Kier alpha value is -1.65. The quantitative estimate of drug-likeness (QED) is 0.306. The lowest BCUT2D eigenvalue weighted by Gasteiger charge is -2.29. The number of para-hydroxylation sites is 1. The number of guanidine groups is 1. The zero-order valence-corrected chi connectivity index (χ0v) is 20.0. The largest absolute Gasteiger partial charge is 0.383 e. The second-order valence-electron chi connectivity index (χ2n) is 7.08. The monoisotopic (exact) mass is 528 g/mol. The van der Waals surface area contributed by atoms with Gasteiger partial charge in [0, 0.05) is 23.7 Å². The van der Waals surface area contributed by atoms with E-state index in [4.69, 9.17) is 0 Å². The van der Waals surface area contributed by atoms with Crippen molar-refractivity contribution in [3.8, 4) is 0 Å². The smallest absolute Gasteiger partial charge is 0.248 e. The maximum absolute atomic E-state index is 12.8. The van der Waals surface area contributed by atoms with Crippen molar-refractivity contribution < 1.29 is 9.90 Å². The summed E-state index contributed by atoms with van der Waals surface area (Å²) in [7, 11) is 0. The maximum Gasteiger partial charge on any atom is 0.248 e. The van der Waals surface area contributed by atoms with Gasteiger partial charge in [0.25, 0.3) is 0 Å². The van der Waals surface area contributed by atoms with Crippen LogP contribution in [0.2, 0.25) is 0 Å². The number of halogens is 1. The lowest BCUT2D eigenvalue weighted by atomic mass is 10.0. The van der Waals surface area contributed by atoms with Gasteiger partial charge in [-0.05, 0) is 49.8 Å². The van der Waals surface area contributed by atoms with E-state index >= 15 is 0 Å². The summed E-state index contributed by atoms with van der Waals surface area (Å²) in [5.74, 6) is 0.507. The zero-order chi connectivity index (χ0) is 20.0. The highest BCUT2D eigenvalue weighted by Gasteiger charge is 2.25. The molecule has 0 bridgehead atoms. The van der Waals surface area contributed by atoms with Crippen LogP contribution in [-0.4, -0.2) is 43.2 Å². The molecule has 1 amide bonds. The molecule has 1 aliphatic heterocycles. The molecule has 1 aromatic heterocycles. The number of benzene rings is 1. The molecule has 1 aromatic carbocycles. The summed E-state index contributed by atoms with van der Waals surface area (Å²) in [6.07, 6.45) is 1.97. The van der Waals surface area contributed by atoms with Crippen molar-refractivity contribution in [1.29, 1.82) is 0 Å². The Labute approximate surface area is 193 Å². The fraction of sp³-hybridized carbons (Fsp3) is 0.429. The van der Waals surface area contributed by atoms with Gasteiger partial charge >= 0.3 is 0 Å². The van der Waals surface area contributed by atoms with Crippen molar-refractivity contribution in [2.75, 3.05) is 31.1 Å². The van der Waals surface area contributed by atoms with Gasteiger partial charge in [-0.15, -0.1) is 35.3 Å². The summed E-state index contributed by atoms with van der Waals surface area (Å²) in [6.45, 7) is 5.50. The molecular weight excluding hydrogens is 499 g/mol. The van der Waals surface area contributed by atoms with E-state index in [1.165, 1.54) is 16.9 Å². The van der Waals surface area contributed by atoms with E-state index in [2.05, 4.69) is 21.7 Å². The van der Waals surface area contributed by atoms with Gasteiger partial charge in [-0.25, -0.2) is 4.99 Å². The van der Waals surface area contributed by atoms with Crippen LogP contribution in [0.5, 0.6) is 0 Å². The molecule has 1 unspecified atom stereocenters. The summed E-state index contributed by atoms with van der Waals surface area (Å²) in [5.41, 5.74) is 1.20. The van der Waals surface area contributed by atoms with Gasteiger partial charge in [-0.1, -0.05) is 24.3 Å². The number of hydrogen-bond acceptors (Lipinski definition) is 4. The second-order valence-corrected chi connectivity index (χ2v) is 8.03. The average molecular weight is 528 g/mol. The first-order valence-electron chi connectivity index (χ1n) is 9.68. The van der Waals surface area contributed by atoms with Crippen molar-refractivity contribution in [2.24, 2.45) is 4.99 Å². The minimum Gasteiger partial charge on any atom is -0.383 e. The standard InChI is InChI=1S/C21H28N4O2S.HI/c1-3-22-20(24-15-21(2,27)18-11-7-13-28-18)23-14-19(26)25-12-6-9-16-8-4-5-10-17(16)25;/h4-5,7-8,10-11,13,27H,3,6,9,12,14-15H2,1-2H3,(H2,22,23,24);1H. The summed E-state index contributed by atoms with van der Waals surface area (Å²) in [4.78, 5) is 19.9. The SMILES string of the molecule is CCNC(=NCC(=O)N1CCCc2ccccc21)NCC(C)(O)c1cccs1.I. The molecule has 0 saturated heterocycles. The molecule has 2 heterocycles. The molecule has 0 spiro atoms. The Morgan fingerprint density at radius 3 is 2.79 bits per heavy atom. The van der Waals surface area contributed by atoms with Crippen LogP contribution in [0.15, 0.2) is 46.8 Å². The minimum atomic E-state index is -1.000. The highest BCUT2D eigenvalue weighted by molar-refractivity contribution is 14.0. The number of hydrogen-bond donors (Lipinski definition) is 3. The number of amides is 1. The summed E-state index contributed by atoms with van der Waals surface area (Å²) >= 11 is 1.51. The molecule has 3 N–H and O–H groups in total. The molecular formula is C21H29IN4O2S. The Balaban J connectivity index is 0.00000300. The molecule has 6 nitrogen and oxygen atoms in total. The van der Waals surface area contributed by atoms with Gasteiger partial charge in [0.2, 0.25) is 5.91 Å². The fourth-order valence-electron chi connectivity index (χ4n) is 3.29. The number of thiophene rings is 1. The Kier molecular flexibility index (Phi) is 8.91. The van der Waals surface area contributed by atoms with Gasteiger partial charge in [0.05, 0.1) is 6.54 Å². The Morgan fingerprint density at radius 1 is 1.28 bits per heavy atom. The van der Waals surface area contributed by atoms with Gasteiger partial charge in [-0.3, -0.25) is 4.79 Å². The number of nitrogens with zero attached hydrogens (tertiary/aromatic N) is 2. The van der Waals surface area contributed by atoms with Crippen molar-refractivity contribution in [3.63, 3.8) is 0 Å². The van der Waals surface area contributed by atoms with Crippen molar-refractivity contribution in [2.45, 2.75) is 32.3 Å². The molecule has 1 atom stereocenters. The normalized spacial score (nSPS) is 15.7. The Morgan fingerprint density at radius 2 is 2.07 bits per heavy atom. The van der Waals surface area contributed by atoms with E-state index in [1.54, 1.807) is 6.92 Å².